The Morgan fingerprint density at radius 3 is 3.00 bits per heavy atom. The Morgan fingerprint density at radius 2 is 2.29 bits per heavy atom. The van der Waals surface area contributed by atoms with Gasteiger partial charge in [-0.2, -0.15) is 0 Å². The summed E-state index contributed by atoms with van der Waals surface area (Å²) in [5, 5.41) is 0. The minimum absolute atomic E-state index is 0.0881. The zero-order valence-corrected chi connectivity index (χ0v) is 8.35. The van der Waals surface area contributed by atoms with Crippen molar-refractivity contribution in [3.05, 3.63) is 27.9 Å². The van der Waals surface area contributed by atoms with Crippen molar-refractivity contribution in [3.63, 3.8) is 0 Å². The van der Waals surface area contributed by atoms with Gasteiger partial charge in [0.2, 0.25) is 0 Å². The quantitative estimate of drug-likeness (QED) is 0.755. The standard InChI is InChI=1S/C10H13N3O/c1-3-4-7-5-11-9-8(7)12-6(2)13-10(9)14/h5,11H,3-4H2,1-2H3,(H,12,13,14). The van der Waals surface area contributed by atoms with Crippen LogP contribution in [0.25, 0.3) is 11.0 Å². The van der Waals surface area contributed by atoms with Gasteiger partial charge < -0.3 is 9.97 Å². The van der Waals surface area contributed by atoms with Crippen molar-refractivity contribution in [2.75, 3.05) is 0 Å². The SMILES string of the molecule is CCCc1c[nH]c2c(=O)[nH]c(C)nc12. The Hall–Kier alpha value is -1.58. The molecule has 0 bridgehead atoms. The van der Waals surface area contributed by atoms with Gasteiger partial charge in [-0.15, -0.1) is 0 Å². The van der Waals surface area contributed by atoms with Crippen molar-refractivity contribution in [2.45, 2.75) is 26.7 Å². The second-order valence-corrected chi connectivity index (χ2v) is 3.44. The normalized spacial score (nSPS) is 11.0. The molecule has 2 N–H and O–H groups in total. The van der Waals surface area contributed by atoms with Crippen LogP contribution in [0.15, 0.2) is 11.0 Å². The lowest BCUT2D eigenvalue weighted by atomic mass is 10.2. The first kappa shape index (κ1) is 8.99. The molecule has 0 atom stereocenters. The number of hydrogen-bond acceptors (Lipinski definition) is 2. The van der Waals surface area contributed by atoms with E-state index in [1.54, 1.807) is 6.92 Å². The molecule has 2 rings (SSSR count). The van der Waals surface area contributed by atoms with Crippen LogP contribution in [0.3, 0.4) is 0 Å². The third-order valence-corrected chi connectivity index (χ3v) is 2.25. The maximum absolute atomic E-state index is 11.5. The van der Waals surface area contributed by atoms with Crippen molar-refractivity contribution in [3.8, 4) is 0 Å². The average molecular weight is 191 g/mol. The molecule has 0 radical (unpaired) electrons. The Kier molecular flexibility index (Phi) is 2.11. The van der Waals surface area contributed by atoms with E-state index in [1.807, 2.05) is 6.20 Å². The van der Waals surface area contributed by atoms with Crippen LogP contribution in [0, 0.1) is 6.92 Å². The highest BCUT2D eigenvalue weighted by Crippen LogP contribution is 2.13. The Balaban J connectivity index is 2.72. The van der Waals surface area contributed by atoms with E-state index >= 15 is 0 Å². The molecule has 0 aromatic carbocycles. The fourth-order valence-electron chi connectivity index (χ4n) is 1.64. The van der Waals surface area contributed by atoms with E-state index in [0.717, 1.165) is 23.9 Å². The third kappa shape index (κ3) is 1.32. The molecule has 0 aliphatic carbocycles. The van der Waals surface area contributed by atoms with Crippen LogP contribution in [-0.4, -0.2) is 15.0 Å². The molecule has 4 heteroatoms. The highest BCUT2D eigenvalue weighted by molar-refractivity contribution is 5.77. The molecule has 14 heavy (non-hydrogen) atoms. The van der Waals surface area contributed by atoms with E-state index in [-0.39, 0.29) is 5.56 Å². The number of aromatic amines is 2. The zero-order chi connectivity index (χ0) is 10.1. The number of hydrogen-bond donors (Lipinski definition) is 2. The number of nitrogens with one attached hydrogen (secondary N) is 2. The predicted molar refractivity (Wildman–Crippen MR) is 55.4 cm³/mol. The summed E-state index contributed by atoms with van der Waals surface area (Å²) in [4.78, 5) is 21.5. The van der Waals surface area contributed by atoms with Gasteiger partial charge in [0, 0.05) is 6.20 Å². The summed E-state index contributed by atoms with van der Waals surface area (Å²) in [5.74, 6) is 0.666. The van der Waals surface area contributed by atoms with Crippen LogP contribution in [-0.2, 0) is 6.42 Å². The summed E-state index contributed by atoms with van der Waals surface area (Å²) < 4.78 is 0. The van der Waals surface area contributed by atoms with Gasteiger partial charge in [-0.1, -0.05) is 13.3 Å². The molecule has 0 amide bonds. The summed E-state index contributed by atoms with van der Waals surface area (Å²) in [7, 11) is 0. The van der Waals surface area contributed by atoms with Gasteiger partial charge in [-0.05, 0) is 18.9 Å². The van der Waals surface area contributed by atoms with Crippen molar-refractivity contribution in [2.24, 2.45) is 0 Å². The molecule has 0 saturated carbocycles. The van der Waals surface area contributed by atoms with Crippen LogP contribution < -0.4 is 5.56 Å². The largest absolute Gasteiger partial charge is 0.355 e. The van der Waals surface area contributed by atoms with Gasteiger partial charge in [0.05, 0.1) is 5.52 Å². The van der Waals surface area contributed by atoms with Gasteiger partial charge in [-0.25, -0.2) is 4.98 Å². The molecule has 2 heterocycles. The fraction of sp³-hybridized carbons (Fsp3) is 0.400. The molecule has 2 aromatic rings. The number of aromatic nitrogens is 3. The van der Waals surface area contributed by atoms with E-state index in [9.17, 15) is 4.79 Å². The van der Waals surface area contributed by atoms with E-state index in [2.05, 4.69) is 21.9 Å². The van der Waals surface area contributed by atoms with E-state index in [4.69, 9.17) is 0 Å². The summed E-state index contributed by atoms with van der Waals surface area (Å²) in [6, 6.07) is 0. The van der Waals surface area contributed by atoms with Crippen LogP contribution in [0.1, 0.15) is 24.7 Å². The first-order valence-corrected chi connectivity index (χ1v) is 4.79. The van der Waals surface area contributed by atoms with Gasteiger partial charge in [0.1, 0.15) is 11.3 Å². The predicted octanol–water partition coefficient (Wildman–Crippen LogP) is 1.51. The van der Waals surface area contributed by atoms with Crippen LogP contribution in [0.4, 0.5) is 0 Å². The fourth-order valence-corrected chi connectivity index (χ4v) is 1.64. The molecule has 74 valence electrons. The van der Waals surface area contributed by atoms with Crippen molar-refractivity contribution in [1.29, 1.82) is 0 Å². The lowest BCUT2D eigenvalue weighted by molar-refractivity contribution is 0.924. The topological polar surface area (TPSA) is 61.5 Å². The van der Waals surface area contributed by atoms with Gasteiger partial charge >= 0.3 is 0 Å². The second kappa shape index (κ2) is 3.29. The molecule has 0 aliphatic heterocycles. The molecule has 2 aromatic heterocycles. The Labute approximate surface area is 81.4 Å². The average Bonchev–Trinajstić information content (AvgIpc) is 2.49. The van der Waals surface area contributed by atoms with Crippen LogP contribution in [0.2, 0.25) is 0 Å². The highest BCUT2D eigenvalue weighted by Gasteiger charge is 2.07. The third-order valence-electron chi connectivity index (χ3n) is 2.25. The smallest absolute Gasteiger partial charge is 0.275 e. The number of aryl methyl sites for hydroxylation is 2. The molecular weight excluding hydrogens is 178 g/mol. The summed E-state index contributed by atoms with van der Waals surface area (Å²) >= 11 is 0. The molecule has 4 nitrogen and oxygen atoms in total. The Bertz CT molecular complexity index is 510. The summed E-state index contributed by atoms with van der Waals surface area (Å²) in [5.41, 5.74) is 2.43. The second-order valence-electron chi connectivity index (χ2n) is 3.44. The van der Waals surface area contributed by atoms with E-state index < -0.39 is 0 Å². The number of fused-ring (bicyclic) bond motifs is 1. The maximum Gasteiger partial charge on any atom is 0.275 e. The molecule has 0 aliphatic rings. The van der Waals surface area contributed by atoms with E-state index in [0.29, 0.717) is 11.3 Å². The van der Waals surface area contributed by atoms with Gasteiger partial charge in [0.15, 0.2) is 0 Å². The highest BCUT2D eigenvalue weighted by atomic mass is 16.1. The Morgan fingerprint density at radius 1 is 1.50 bits per heavy atom. The van der Waals surface area contributed by atoms with Crippen LogP contribution >= 0.6 is 0 Å². The van der Waals surface area contributed by atoms with Gasteiger partial charge in [0.25, 0.3) is 5.56 Å². The minimum Gasteiger partial charge on any atom is -0.355 e. The lowest BCUT2D eigenvalue weighted by Gasteiger charge is -1.96. The number of H-pyrrole nitrogens is 2. The van der Waals surface area contributed by atoms with Crippen molar-refractivity contribution in [1.82, 2.24) is 15.0 Å². The van der Waals surface area contributed by atoms with Crippen molar-refractivity contribution >= 4 is 11.0 Å². The lowest BCUT2D eigenvalue weighted by Crippen LogP contribution is -2.09. The molecule has 0 spiro atoms. The zero-order valence-electron chi connectivity index (χ0n) is 8.35. The minimum atomic E-state index is -0.0881. The molecule has 0 fully saturated rings. The summed E-state index contributed by atoms with van der Waals surface area (Å²) in [6.07, 6.45) is 3.88. The first-order chi connectivity index (χ1) is 6.72. The maximum atomic E-state index is 11.5. The first-order valence-electron chi connectivity index (χ1n) is 4.79. The van der Waals surface area contributed by atoms with Crippen LogP contribution in [0.5, 0.6) is 0 Å². The number of rotatable bonds is 2. The van der Waals surface area contributed by atoms with E-state index in [1.165, 1.54) is 0 Å². The van der Waals surface area contributed by atoms with Gasteiger partial charge in [-0.3, -0.25) is 4.79 Å². The summed E-state index contributed by atoms with van der Waals surface area (Å²) in [6.45, 7) is 3.91. The number of nitrogens with zero attached hydrogens (tertiary/aromatic N) is 1. The monoisotopic (exact) mass is 191 g/mol. The molecule has 0 unspecified atom stereocenters. The molecular formula is C10H13N3O. The molecule has 0 saturated heterocycles. The van der Waals surface area contributed by atoms with Crippen molar-refractivity contribution < 1.29 is 0 Å².